The van der Waals surface area contributed by atoms with Gasteiger partial charge in [-0.2, -0.15) is 0 Å². The molecule has 1 aromatic carbocycles. The molecule has 0 atom stereocenters. The standard InChI is InChI=1S/C17H25ClN4O2/c1-3-19-17(22-11-9-21(10-12-22)14(2)23)20-8-13-24-16-6-4-15(18)5-7-16/h4-7H,3,8-13H2,1-2H3,(H,19,20). The fraction of sp³-hybridized carbons (Fsp3) is 0.529. The van der Waals surface area contributed by atoms with Gasteiger partial charge in [0.25, 0.3) is 0 Å². The number of carbonyl (C=O) groups is 1. The number of nitrogens with zero attached hydrogens (tertiary/aromatic N) is 3. The van der Waals surface area contributed by atoms with Crippen LogP contribution in [0.4, 0.5) is 0 Å². The summed E-state index contributed by atoms with van der Waals surface area (Å²) in [6.07, 6.45) is 0. The smallest absolute Gasteiger partial charge is 0.219 e. The maximum absolute atomic E-state index is 11.4. The lowest BCUT2D eigenvalue weighted by atomic mass is 10.3. The quantitative estimate of drug-likeness (QED) is 0.499. The minimum atomic E-state index is 0.132. The van der Waals surface area contributed by atoms with Crippen molar-refractivity contribution in [3.05, 3.63) is 29.3 Å². The molecule has 0 aliphatic carbocycles. The number of piperazine rings is 1. The van der Waals surface area contributed by atoms with Crippen LogP contribution < -0.4 is 10.1 Å². The molecule has 1 fully saturated rings. The summed E-state index contributed by atoms with van der Waals surface area (Å²) in [4.78, 5) is 20.1. The molecule has 1 aromatic rings. The molecular formula is C17H25ClN4O2. The van der Waals surface area contributed by atoms with Crippen molar-refractivity contribution in [3.8, 4) is 5.75 Å². The summed E-state index contributed by atoms with van der Waals surface area (Å²) >= 11 is 5.85. The van der Waals surface area contributed by atoms with Gasteiger partial charge >= 0.3 is 0 Å². The van der Waals surface area contributed by atoms with Gasteiger partial charge in [0.2, 0.25) is 5.91 Å². The van der Waals surface area contributed by atoms with Crippen molar-refractivity contribution in [1.82, 2.24) is 15.1 Å². The van der Waals surface area contributed by atoms with Gasteiger partial charge in [-0.25, -0.2) is 4.99 Å². The molecular weight excluding hydrogens is 328 g/mol. The summed E-state index contributed by atoms with van der Waals surface area (Å²) in [7, 11) is 0. The molecule has 7 heteroatoms. The van der Waals surface area contributed by atoms with Crippen LogP contribution in [-0.4, -0.2) is 67.5 Å². The number of amides is 1. The van der Waals surface area contributed by atoms with Crippen LogP contribution in [0.2, 0.25) is 5.02 Å². The second-order valence-corrected chi connectivity index (χ2v) is 5.97. The van der Waals surface area contributed by atoms with Crippen molar-refractivity contribution in [1.29, 1.82) is 0 Å². The third-order valence-electron chi connectivity index (χ3n) is 3.79. The number of guanidine groups is 1. The second-order valence-electron chi connectivity index (χ2n) is 5.53. The second kappa shape index (κ2) is 9.37. The molecule has 2 rings (SSSR count). The number of rotatable bonds is 5. The number of aliphatic imine (C=N–C) groups is 1. The number of carbonyl (C=O) groups excluding carboxylic acids is 1. The molecule has 6 nitrogen and oxygen atoms in total. The summed E-state index contributed by atoms with van der Waals surface area (Å²) in [6.45, 7) is 8.61. The van der Waals surface area contributed by atoms with Gasteiger partial charge in [-0.3, -0.25) is 4.79 Å². The van der Waals surface area contributed by atoms with Gasteiger partial charge < -0.3 is 19.9 Å². The Morgan fingerprint density at radius 2 is 1.83 bits per heavy atom. The average Bonchev–Trinajstić information content (AvgIpc) is 2.59. The van der Waals surface area contributed by atoms with E-state index in [1.54, 1.807) is 19.1 Å². The van der Waals surface area contributed by atoms with E-state index in [4.69, 9.17) is 16.3 Å². The van der Waals surface area contributed by atoms with E-state index in [-0.39, 0.29) is 5.91 Å². The van der Waals surface area contributed by atoms with Gasteiger partial charge in [0.1, 0.15) is 12.4 Å². The topological polar surface area (TPSA) is 57.2 Å². The van der Waals surface area contributed by atoms with E-state index < -0.39 is 0 Å². The molecule has 0 spiro atoms. The third-order valence-corrected chi connectivity index (χ3v) is 4.05. The number of benzene rings is 1. The number of hydrogen-bond acceptors (Lipinski definition) is 3. The van der Waals surface area contributed by atoms with E-state index in [0.29, 0.717) is 18.2 Å². The number of nitrogens with one attached hydrogen (secondary N) is 1. The predicted octanol–water partition coefficient (Wildman–Crippen LogP) is 1.85. The molecule has 1 saturated heterocycles. The van der Waals surface area contributed by atoms with Gasteiger partial charge in [-0.1, -0.05) is 11.6 Å². The molecule has 0 saturated carbocycles. The monoisotopic (exact) mass is 352 g/mol. The number of hydrogen-bond donors (Lipinski definition) is 1. The molecule has 0 radical (unpaired) electrons. The molecule has 0 bridgehead atoms. The van der Waals surface area contributed by atoms with Gasteiger partial charge in [-0.05, 0) is 31.2 Å². The Morgan fingerprint density at radius 3 is 2.42 bits per heavy atom. The highest BCUT2D eigenvalue weighted by Gasteiger charge is 2.20. The summed E-state index contributed by atoms with van der Waals surface area (Å²) in [5, 5.41) is 4.00. The largest absolute Gasteiger partial charge is 0.492 e. The van der Waals surface area contributed by atoms with Crippen molar-refractivity contribution in [2.24, 2.45) is 4.99 Å². The van der Waals surface area contributed by atoms with Gasteiger partial charge in [0.15, 0.2) is 5.96 Å². The van der Waals surface area contributed by atoms with Crippen LogP contribution in [0.5, 0.6) is 5.75 Å². The fourth-order valence-electron chi connectivity index (χ4n) is 2.50. The highest BCUT2D eigenvalue weighted by Crippen LogP contribution is 2.15. The maximum atomic E-state index is 11.4. The predicted molar refractivity (Wildman–Crippen MR) is 96.8 cm³/mol. The minimum Gasteiger partial charge on any atom is -0.492 e. The van der Waals surface area contributed by atoms with E-state index in [9.17, 15) is 4.79 Å². The highest BCUT2D eigenvalue weighted by atomic mass is 35.5. The van der Waals surface area contributed by atoms with Gasteiger partial charge in [-0.15, -0.1) is 0 Å². The lowest BCUT2D eigenvalue weighted by Crippen LogP contribution is -2.53. The van der Waals surface area contributed by atoms with Crippen LogP contribution in [0.25, 0.3) is 0 Å². The molecule has 1 heterocycles. The van der Waals surface area contributed by atoms with E-state index >= 15 is 0 Å². The van der Waals surface area contributed by atoms with E-state index in [0.717, 1.165) is 44.4 Å². The van der Waals surface area contributed by atoms with Crippen molar-refractivity contribution >= 4 is 23.5 Å². The first-order valence-electron chi connectivity index (χ1n) is 8.27. The first-order chi connectivity index (χ1) is 11.6. The highest BCUT2D eigenvalue weighted by molar-refractivity contribution is 6.30. The Balaban J connectivity index is 1.82. The van der Waals surface area contributed by atoms with Crippen molar-refractivity contribution in [2.75, 3.05) is 45.9 Å². The minimum absolute atomic E-state index is 0.132. The first-order valence-corrected chi connectivity index (χ1v) is 8.65. The van der Waals surface area contributed by atoms with Gasteiger partial charge in [0.05, 0.1) is 6.54 Å². The van der Waals surface area contributed by atoms with E-state index in [1.165, 1.54) is 0 Å². The summed E-state index contributed by atoms with van der Waals surface area (Å²) in [5.74, 6) is 1.79. The Kier molecular flexibility index (Phi) is 7.18. The summed E-state index contributed by atoms with van der Waals surface area (Å²) in [6, 6.07) is 7.30. The number of halogens is 1. The average molecular weight is 353 g/mol. The SMILES string of the molecule is CCNC(=NCCOc1ccc(Cl)cc1)N1CCN(C(C)=O)CC1. The molecule has 1 aliphatic rings. The first kappa shape index (κ1) is 18.4. The van der Waals surface area contributed by atoms with E-state index in [2.05, 4.69) is 15.2 Å². The lowest BCUT2D eigenvalue weighted by molar-refractivity contribution is -0.130. The van der Waals surface area contributed by atoms with Crippen molar-refractivity contribution < 1.29 is 9.53 Å². The Bertz CT molecular complexity index is 554. The molecule has 1 N–H and O–H groups in total. The Morgan fingerprint density at radius 1 is 1.21 bits per heavy atom. The van der Waals surface area contributed by atoms with Crippen LogP contribution in [0.1, 0.15) is 13.8 Å². The zero-order chi connectivity index (χ0) is 17.4. The molecule has 132 valence electrons. The zero-order valence-electron chi connectivity index (χ0n) is 14.3. The lowest BCUT2D eigenvalue weighted by Gasteiger charge is -2.36. The third kappa shape index (κ3) is 5.60. The van der Waals surface area contributed by atoms with Crippen molar-refractivity contribution in [3.63, 3.8) is 0 Å². The summed E-state index contributed by atoms with van der Waals surface area (Å²) < 4.78 is 5.66. The molecule has 0 aromatic heterocycles. The van der Waals surface area contributed by atoms with E-state index in [1.807, 2.05) is 24.0 Å². The van der Waals surface area contributed by atoms with Crippen LogP contribution in [0, 0.1) is 0 Å². The fourth-order valence-corrected chi connectivity index (χ4v) is 2.63. The maximum Gasteiger partial charge on any atom is 0.219 e. The summed E-state index contributed by atoms with van der Waals surface area (Å²) in [5.41, 5.74) is 0. The van der Waals surface area contributed by atoms with Gasteiger partial charge in [0, 0.05) is 44.7 Å². The van der Waals surface area contributed by atoms with Crippen LogP contribution in [0.3, 0.4) is 0 Å². The molecule has 1 aliphatic heterocycles. The Labute approximate surface area is 148 Å². The van der Waals surface area contributed by atoms with Crippen LogP contribution >= 0.6 is 11.6 Å². The zero-order valence-corrected chi connectivity index (χ0v) is 15.1. The van der Waals surface area contributed by atoms with Crippen molar-refractivity contribution in [2.45, 2.75) is 13.8 Å². The molecule has 1 amide bonds. The van der Waals surface area contributed by atoms with Crippen LogP contribution in [-0.2, 0) is 4.79 Å². The molecule has 0 unspecified atom stereocenters. The normalized spacial score (nSPS) is 15.4. The molecule has 24 heavy (non-hydrogen) atoms. The Hall–Kier alpha value is -1.95. The number of ether oxygens (including phenoxy) is 1. The van der Waals surface area contributed by atoms with Crippen LogP contribution in [0.15, 0.2) is 29.3 Å².